The molecule has 0 aliphatic heterocycles. The van der Waals surface area contributed by atoms with E-state index in [1.165, 1.54) is 0 Å². The largest absolute Gasteiger partial charge is 0.459 e. The average Bonchev–Trinajstić information content (AvgIpc) is 3.05. The van der Waals surface area contributed by atoms with Crippen molar-refractivity contribution in [2.24, 2.45) is 5.41 Å². The number of hydrogen-bond acceptors (Lipinski definition) is 5. The Hall–Kier alpha value is -3.28. The van der Waals surface area contributed by atoms with Gasteiger partial charge in [-0.15, -0.1) is 0 Å². The van der Waals surface area contributed by atoms with Gasteiger partial charge in [0.15, 0.2) is 11.6 Å². The van der Waals surface area contributed by atoms with Crippen LogP contribution in [-0.4, -0.2) is 29.2 Å². The molecule has 0 aromatic heterocycles. The average molecular weight is 463 g/mol. The first-order valence-corrected chi connectivity index (χ1v) is 11.1. The first-order chi connectivity index (χ1) is 15.8. The predicted octanol–water partition coefficient (Wildman–Crippen LogP) is 5.25. The standard InChI is InChI=1S/C27H23ClO5/c1-2-26(23(29)21-13-6-7-14-22(21)24(26)30)16-27(32,19-11-8-12-20(28)15-19)17-33-25(31)18-9-4-3-5-10-18/h3-15,32H,2,16-17H2,1H3/t27-/m1/s1. The zero-order chi connectivity index (χ0) is 23.6. The Kier molecular flexibility index (Phi) is 6.19. The van der Waals surface area contributed by atoms with Crippen molar-refractivity contribution in [3.63, 3.8) is 0 Å². The van der Waals surface area contributed by atoms with E-state index in [1.807, 2.05) is 0 Å². The summed E-state index contributed by atoms with van der Waals surface area (Å²) < 4.78 is 5.48. The first-order valence-electron chi connectivity index (χ1n) is 10.7. The van der Waals surface area contributed by atoms with E-state index in [0.29, 0.717) is 27.3 Å². The molecule has 3 aromatic carbocycles. The van der Waals surface area contributed by atoms with E-state index in [1.54, 1.807) is 85.8 Å². The summed E-state index contributed by atoms with van der Waals surface area (Å²) in [4.78, 5) is 39.5. The number of esters is 1. The fraction of sp³-hybridized carbons (Fsp3) is 0.222. The van der Waals surface area contributed by atoms with Gasteiger partial charge >= 0.3 is 5.97 Å². The number of halogens is 1. The van der Waals surface area contributed by atoms with Gasteiger partial charge in [0, 0.05) is 22.6 Å². The summed E-state index contributed by atoms with van der Waals surface area (Å²) in [5.41, 5.74) is -1.91. The van der Waals surface area contributed by atoms with Crippen LogP contribution in [0.5, 0.6) is 0 Å². The minimum absolute atomic E-state index is 0.189. The third-order valence-corrected chi connectivity index (χ3v) is 6.53. The maximum absolute atomic E-state index is 13.4. The molecule has 0 saturated heterocycles. The molecule has 0 amide bonds. The Morgan fingerprint density at radius 1 is 0.939 bits per heavy atom. The maximum atomic E-state index is 13.4. The second-order valence-electron chi connectivity index (χ2n) is 8.30. The molecule has 0 saturated carbocycles. The highest BCUT2D eigenvalue weighted by Crippen LogP contribution is 2.47. The highest BCUT2D eigenvalue weighted by Gasteiger charge is 2.55. The van der Waals surface area contributed by atoms with Crippen LogP contribution >= 0.6 is 11.6 Å². The number of carbonyl (C=O) groups excluding carboxylic acids is 3. The molecule has 4 rings (SSSR count). The zero-order valence-corrected chi connectivity index (χ0v) is 18.8. The minimum Gasteiger partial charge on any atom is -0.459 e. The van der Waals surface area contributed by atoms with Crippen molar-refractivity contribution in [2.45, 2.75) is 25.4 Å². The lowest BCUT2D eigenvalue weighted by Crippen LogP contribution is -2.44. The molecule has 1 N–H and O–H groups in total. The number of Topliss-reactive ketones (excluding diaryl/α,β-unsaturated/α-hetero) is 2. The SMILES string of the molecule is CCC1(C[C@@](O)(COC(=O)c2ccccc2)c2cccc(Cl)c2)C(=O)c2ccccc2C1=O. The Labute approximate surface area is 197 Å². The summed E-state index contributed by atoms with van der Waals surface area (Å²) in [6.07, 6.45) is -0.0554. The van der Waals surface area contributed by atoms with Crippen molar-refractivity contribution in [3.8, 4) is 0 Å². The minimum atomic E-state index is -1.82. The summed E-state index contributed by atoms with van der Waals surface area (Å²) in [5, 5.41) is 12.2. The second-order valence-corrected chi connectivity index (χ2v) is 8.74. The summed E-state index contributed by atoms with van der Waals surface area (Å²) in [6, 6.07) is 21.6. The van der Waals surface area contributed by atoms with E-state index in [9.17, 15) is 19.5 Å². The third kappa shape index (κ3) is 4.10. The Morgan fingerprint density at radius 2 is 1.55 bits per heavy atom. The van der Waals surface area contributed by atoms with Gasteiger partial charge < -0.3 is 9.84 Å². The van der Waals surface area contributed by atoms with Gasteiger partial charge in [-0.2, -0.15) is 0 Å². The molecule has 0 bridgehead atoms. The molecule has 0 fully saturated rings. The van der Waals surface area contributed by atoms with Crippen LogP contribution in [0.4, 0.5) is 0 Å². The number of rotatable bonds is 7. The summed E-state index contributed by atoms with van der Waals surface area (Å²) >= 11 is 6.17. The molecule has 33 heavy (non-hydrogen) atoms. The van der Waals surface area contributed by atoms with Gasteiger partial charge in [0.1, 0.15) is 12.2 Å². The highest BCUT2D eigenvalue weighted by molar-refractivity contribution is 6.30. The van der Waals surface area contributed by atoms with Crippen LogP contribution in [0.3, 0.4) is 0 Å². The fourth-order valence-corrected chi connectivity index (χ4v) is 4.65. The number of ketones is 2. The number of ether oxygens (including phenoxy) is 1. The van der Waals surface area contributed by atoms with Crippen molar-refractivity contribution in [2.75, 3.05) is 6.61 Å². The van der Waals surface area contributed by atoms with E-state index in [2.05, 4.69) is 0 Å². The van der Waals surface area contributed by atoms with Gasteiger partial charge in [-0.1, -0.05) is 73.1 Å². The number of carbonyl (C=O) groups is 3. The molecule has 1 aliphatic rings. The quantitative estimate of drug-likeness (QED) is 0.383. The van der Waals surface area contributed by atoms with Crippen LogP contribution in [0.15, 0.2) is 78.9 Å². The van der Waals surface area contributed by atoms with Gasteiger partial charge in [-0.3, -0.25) is 9.59 Å². The number of fused-ring (bicyclic) bond motifs is 1. The maximum Gasteiger partial charge on any atom is 0.338 e. The van der Waals surface area contributed by atoms with E-state index in [4.69, 9.17) is 16.3 Å². The molecule has 0 radical (unpaired) electrons. The Morgan fingerprint density at radius 3 is 2.12 bits per heavy atom. The van der Waals surface area contributed by atoms with Gasteiger partial charge in [0.05, 0.1) is 11.0 Å². The van der Waals surface area contributed by atoms with Crippen LogP contribution in [0, 0.1) is 5.41 Å². The molecule has 0 spiro atoms. The number of benzene rings is 3. The lowest BCUT2D eigenvalue weighted by molar-refractivity contribution is -0.0574. The molecule has 5 nitrogen and oxygen atoms in total. The van der Waals surface area contributed by atoms with E-state index >= 15 is 0 Å². The van der Waals surface area contributed by atoms with Crippen LogP contribution < -0.4 is 0 Å². The van der Waals surface area contributed by atoms with Crippen LogP contribution in [0.1, 0.15) is 56.4 Å². The Balaban J connectivity index is 1.71. The summed E-state index contributed by atoms with van der Waals surface area (Å²) in [5.74, 6) is -1.28. The van der Waals surface area contributed by atoms with Gasteiger partial charge in [0.25, 0.3) is 0 Å². The molecule has 3 aromatic rings. The van der Waals surface area contributed by atoms with E-state index in [0.717, 1.165) is 0 Å². The van der Waals surface area contributed by atoms with Crippen molar-refractivity contribution in [1.29, 1.82) is 0 Å². The lowest BCUT2D eigenvalue weighted by atomic mass is 9.70. The summed E-state index contributed by atoms with van der Waals surface area (Å²) in [6.45, 7) is 1.30. The molecule has 168 valence electrons. The topological polar surface area (TPSA) is 80.7 Å². The van der Waals surface area contributed by atoms with Crippen molar-refractivity contribution in [1.82, 2.24) is 0 Å². The van der Waals surface area contributed by atoms with Crippen LogP contribution in [0.2, 0.25) is 5.02 Å². The van der Waals surface area contributed by atoms with Crippen LogP contribution in [-0.2, 0) is 10.3 Å². The van der Waals surface area contributed by atoms with Crippen molar-refractivity contribution in [3.05, 3.63) is 106 Å². The molecule has 0 unspecified atom stereocenters. The van der Waals surface area contributed by atoms with Gasteiger partial charge in [-0.25, -0.2) is 4.79 Å². The molecular formula is C27H23ClO5. The molecule has 1 aliphatic carbocycles. The molecule has 0 heterocycles. The highest BCUT2D eigenvalue weighted by atomic mass is 35.5. The number of aliphatic hydroxyl groups is 1. The van der Waals surface area contributed by atoms with Crippen molar-refractivity contribution < 1.29 is 24.2 Å². The smallest absolute Gasteiger partial charge is 0.338 e. The molecule has 6 heteroatoms. The number of hydrogen-bond donors (Lipinski definition) is 1. The Bertz CT molecular complexity index is 1180. The van der Waals surface area contributed by atoms with E-state index in [-0.39, 0.29) is 24.4 Å². The molecule has 1 atom stereocenters. The second kappa shape index (κ2) is 8.93. The predicted molar refractivity (Wildman–Crippen MR) is 125 cm³/mol. The fourth-order valence-electron chi connectivity index (χ4n) is 4.46. The van der Waals surface area contributed by atoms with Crippen LogP contribution in [0.25, 0.3) is 0 Å². The first kappa shape index (κ1) is 22.9. The monoisotopic (exact) mass is 462 g/mol. The van der Waals surface area contributed by atoms with Gasteiger partial charge in [0.2, 0.25) is 0 Å². The summed E-state index contributed by atoms with van der Waals surface area (Å²) in [7, 11) is 0. The van der Waals surface area contributed by atoms with E-state index < -0.39 is 23.6 Å². The normalized spacial score (nSPS) is 16.2. The van der Waals surface area contributed by atoms with Gasteiger partial charge in [-0.05, 0) is 36.2 Å². The molecular weight excluding hydrogens is 440 g/mol. The third-order valence-electron chi connectivity index (χ3n) is 6.30. The van der Waals surface area contributed by atoms with Crippen molar-refractivity contribution >= 4 is 29.1 Å². The lowest BCUT2D eigenvalue weighted by Gasteiger charge is -2.36. The zero-order valence-electron chi connectivity index (χ0n) is 18.1.